The molecule has 3 rings (SSSR count). The summed E-state index contributed by atoms with van der Waals surface area (Å²) in [6.45, 7) is 2.34. The highest BCUT2D eigenvalue weighted by atomic mass is 16.6. The van der Waals surface area contributed by atoms with E-state index in [1.807, 2.05) is 25.1 Å². The summed E-state index contributed by atoms with van der Waals surface area (Å²) in [5.74, 6) is 0.0257. The summed E-state index contributed by atoms with van der Waals surface area (Å²) in [7, 11) is 0. The lowest BCUT2D eigenvalue weighted by Crippen LogP contribution is -2.18. The molecule has 0 radical (unpaired) electrons. The van der Waals surface area contributed by atoms with Crippen LogP contribution in [0.1, 0.15) is 17.3 Å². The number of hydrogen-bond donors (Lipinski definition) is 1. The van der Waals surface area contributed by atoms with Crippen LogP contribution in [0.15, 0.2) is 52.9 Å². The molecule has 0 aliphatic heterocycles. The molecule has 24 heavy (non-hydrogen) atoms. The molecule has 0 aliphatic rings. The molecule has 3 aromatic rings. The van der Waals surface area contributed by atoms with Crippen molar-refractivity contribution < 1.29 is 23.5 Å². The zero-order valence-corrected chi connectivity index (χ0v) is 12.9. The highest BCUT2D eigenvalue weighted by Gasteiger charge is 2.25. The number of hydrogen-bond acceptors (Lipinski definition) is 5. The van der Waals surface area contributed by atoms with Crippen molar-refractivity contribution in [1.82, 2.24) is 0 Å². The van der Waals surface area contributed by atoms with Gasteiger partial charge in [-0.2, -0.15) is 0 Å². The lowest BCUT2D eigenvalue weighted by Gasteiger charge is -2.03. The summed E-state index contributed by atoms with van der Waals surface area (Å²) < 4.78 is 15.8. The molecule has 0 saturated heterocycles. The average molecular weight is 325 g/mol. The zero-order valence-electron chi connectivity index (χ0n) is 12.9. The molecule has 1 aromatic heterocycles. The Labute approximate surface area is 137 Å². The minimum atomic E-state index is -1.17. The van der Waals surface area contributed by atoms with Gasteiger partial charge in [0.15, 0.2) is 0 Å². The Morgan fingerprint density at radius 3 is 2.54 bits per heavy atom. The summed E-state index contributed by atoms with van der Waals surface area (Å²) in [5, 5.41) is 0.492. The van der Waals surface area contributed by atoms with Gasteiger partial charge in [-0.25, -0.2) is 9.59 Å². The number of carbonyl (C=O) groups excluding carboxylic acids is 2. The van der Waals surface area contributed by atoms with E-state index >= 15 is 0 Å². The maximum atomic E-state index is 12.4. The fourth-order valence-electron chi connectivity index (χ4n) is 2.47. The summed E-state index contributed by atoms with van der Waals surface area (Å²) in [6.07, 6.45) is -1.17. The quantitative estimate of drug-likeness (QED) is 0.583. The van der Waals surface area contributed by atoms with E-state index in [0.29, 0.717) is 34.6 Å². The molecule has 0 saturated carbocycles. The molecule has 2 aromatic carbocycles. The van der Waals surface area contributed by atoms with E-state index in [2.05, 4.69) is 4.74 Å². The second-order valence-electron chi connectivity index (χ2n) is 4.97. The van der Waals surface area contributed by atoms with Gasteiger partial charge in [0.2, 0.25) is 0 Å². The number of ether oxygens (including phenoxy) is 2. The molecular weight excluding hydrogens is 310 g/mol. The molecule has 0 bridgehead atoms. The van der Waals surface area contributed by atoms with E-state index in [4.69, 9.17) is 14.9 Å². The first-order chi connectivity index (χ1) is 11.6. The zero-order chi connectivity index (χ0) is 17.1. The van der Waals surface area contributed by atoms with Crippen LogP contribution in [-0.2, 0) is 4.74 Å². The average Bonchev–Trinajstić information content (AvgIpc) is 2.94. The molecule has 6 nitrogen and oxygen atoms in total. The number of esters is 1. The Morgan fingerprint density at radius 2 is 1.88 bits per heavy atom. The van der Waals surface area contributed by atoms with E-state index in [-0.39, 0.29) is 5.56 Å². The fourth-order valence-corrected chi connectivity index (χ4v) is 2.47. The number of nitrogens with two attached hydrogens (primary N) is 1. The van der Waals surface area contributed by atoms with Gasteiger partial charge in [0.25, 0.3) is 0 Å². The lowest BCUT2D eigenvalue weighted by molar-refractivity contribution is 0.0640. The van der Waals surface area contributed by atoms with Gasteiger partial charge in [-0.3, -0.25) is 0 Å². The largest absolute Gasteiger partial charge is 0.494 e. The Hall–Kier alpha value is -3.28. The summed E-state index contributed by atoms with van der Waals surface area (Å²) in [6, 6.07) is 14.2. The molecule has 0 fully saturated rings. The SMILES string of the molecule is CCOc1ccc2oc(-c3ccccc3)c(C(=O)OC(N)=O)c2c1. The number of rotatable bonds is 4. The Kier molecular flexibility index (Phi) is 4.20. The molecule has 0 atom stereocenters. The molecular formula is C18H15NO5. The van der Waals surface area contributed by atoms with Crippen LogP contribution >= 0.6 is 0 Å². The summed E-state index contributed by atoms with van der Waals surface area (Å²) in [5.41, 5.74) is 6.27. The summed E-state index contributed by atoms with van der Waals surface area (Å²) >= 11 is 0. The Balaban J connectivity index is 2.22. The van der Waals surface area contributed by atoms with E-state index in [0.717, 1.165) is 0 Å². The van der Waals surface area contributed by atoms with Crippen molar-refractivity contribution in [3.63, 3.8) is 0 Å². The van der Waals surface area contributed by atoms with Crippen molar-refractivity contribution in [3.05, 3.63) is 54.1 Å². The third-order valence-electron chi connectivity index (χ3n) is 3.40. The minimum Gasteiger partial charge on any atom is -0.494 e. The van der Waals surface area contributed by atoms with Gasteiger partial charge in [0.1, 0.15) is 22.7 Å². The number of carbonyl (C=O) groups is 2. The predicted molar refractivity (Wildman–Crippen MR) is 87.8 cm³/mol. The topological polar surface area (TPSA) is 91.8 Å². The van der Waals surface area contributed by atoms with Crippen molar-refractivity contribution in [1.29, 1.82) is 0 Å². The van der Waals surface area contributed by atoms with Gasteiger partial charge >= 0.3 is 12.1 Å². The van der Waals surface area contributed by atoms with Crippen molar-refractivity contribution >= 4 is 23.0 Å². The van der Waals surface area contributed by atoms with Gasteiger partial charge < -0.3 is 19.6 Å². The normalized spacial score (nSPS) is 10.5. The van der Waals surface area contributed by atoms with Gasteiger partial charge in [-0.05, 0) is 25.1 Å². The predicted octanol–water partition coefficient (Wildman–Crippen LogP) is 3.73. The first kappa shape index (κ1) is 15.6. The van der Waals surface area contributed by atoms with Crippen LogP contribution in [-0.4, -0.2) is 18.7 Å². The molecule has 2 N–H and O–H groups in total. The lowest BCUT2D eigenvalue weighted by atomic mass is 10.1. The van der Waals surface area contributed by atoms with Crippen LogP contribution in [0.25, 0.3) is 22.3 Å². The second kappa shape index (κ2) is 6.45. The van der Waals surface area contributed by atoms with Crippen LogP contribution < -0.4 is 10.5 Å². The molecule has 0 unspecified atom stereocenters. The van der Waals surface area contributed by atoms with Gasteiger partial charge in [0.05, 0.1) is 6.61 Å². The third kappa shape index (κ3) is 2.94. The fraction of sp³-hybridized carbons (Fsp3) is 0.111. The molecule has 122 valence electrons. The van der Waals surface area contributed by atoms with Crippen LogP contribution in [0.3, 0.4) is 0 Å². The second-order valence-corrected chi connectivity index (χ2v) is 4.97. The van der Waals surface area contributed by atoms with E-state index < -0.39 is 12.1 Å². The number of benzene rings is 2. The highest BCUT2D eigenvalue weighted by molar-refractivity contribution is 6.11. The first-order valence-corrected chi connectivity index (χ1v) is 7.36. The van der Waals surface area contributed by atoms with Crippen LogP contribution in [0.2, 0.25) is 0 Å². The maximum Gasteiger partial charge on any atom is 0.412 e. The highest BCUT2D eigenvalue weighted by Crippen LogP contribution is 2.36. The Morgan fingerprint density at radius 1 is 1.12 bits per heavy atom. The van der Waals surface area contributed by atoms with Crippen LogP contribution in [0.4, 0.5) is 4.79 Å². The van der Waals surface area contributed by atoms with Gasteiger partial charge in [-0.15, -0.1) is 0 Å². The van der Waals surface area contributed by atoms with E-state index in [1.165, 1.54) is 0 Å². The van der Waals surface area contributed by atoms with Crippen molar-refractivity contribution in [2.24, 2.45) is 5.73 Å². The van der Waals surface area contributed by atoms with Crippen molar-refractivity contribution in [2.75, 3.05) is 6.61 Å². The van der Waals surface area contributed by atoms with Gasteiger partial charge in [-0.1, -0.05) is 30.3 Å². The first-order valence-electron chi connectivity index (χ1n) is 7.36. The third-order valence-corrected chi connectivity index (χ3v) is 3.40. The number of amides is 1. The van der Waals surface area contributed by atoms with Crippen molar-refractivity contribution in [2.45, 2.75) is 6.92 Å². The van der Waals surface area contributed by atoms with E-state index in [9.17, 15) is 9.59 Å². The Bertz CT molecular complexity index is 898. The number of furan rings is 1. The van der Waals surface area contributed by atoms with Crippen LogP contribution in [0.5, 0.6) is 5.75 Å². The molecule has 1 heterocycles. The number of primary amides is 1. The standard InChI is InChI=1S/C18H15NO5/c1-2-22-12-8-9-14-13(10-12)15(17(20)24-18(19)21)16(23-14)11-6-4-3-5-7-11/h3-10H,2H2,1H3,(H2,19,21). The summed E-state index contributed by atoms with van der Waals surface area (Å²) in [4.78, 5) is 23.4. The minimum absolute atomic E-state index is 0.136. The molecule has 1 amide bonds. The van der Waals surface area contributed by atoms with E-state index in [1.54, 1.807) is 30.3 Å². The maximum absolute atomic E-state index is 12.4. The number of fused-ring (bicyclic) bond motifs is 1. The molecule has 0 spiro atoms. The monoisotopic (exact) mass is 325 g/mol. The smallest absolute Gasteiger partial charge is 0.412 e. The molecule has 0 aliphatic carbocycles. The molecule has 6 heteroatoms. The van der Waals surface area contributed by atoms with Crippen LogP contribution in [0, 0.1) is 0 Å². The van der Waals surface area contributed by atoms with Gasteiger partial charge in [0, 0.05) is 10.9 Å². The van der Waals surface area contributed by atoms with Crippen molar-refractivity contribution in [3.8, 4) is 17.1 Å².